The number of carbonyl (C=O) groups is 1. The zero-order valence-corrected chi connectivity index (χ0v) is 20.8. The fourth-order valence-electron chi connectivity index (χ4n) is 4.53. The maximum atomic E-state index is 13.0. The van der Waals surface area contributed by atoms with E-state index < -0.39 is 5.41 Å². The highest BCUT2D eigenvalue weighted by Gasteiger charge is 2.41. The minimum atomic E-state index is -0.534. The summed E-state index contributed by atoms with van der Waals surface area (Å²) in [5, 5.41) is 0. The largest absolute Gasteiger partial charge is 0.465 e. The van der Waals surface area contributed by atoms with E-state index in [0.29, 0.717) is 11.5 Å². The van der Waals surface area contributed by atoms with Crippen LogP contribution in [0.4, 0.5) is 0 Å². The summed E-state index contributed by atoms with van der Waals surface area (Å²) in [6.07, 6.45) is 8.37. The van der Waals surface area contributed by atoms with Crippen molar-refractivity contribution in [2.75, 3.05) is 6.61 Å². The van der Waals surface area contributed by atoms with Crippen LogP contribution in [0.1, 0.15) is 93.4 Å². The van der Waals surface area contributed by atoms with Gasteiger partial charge in [0.1, 0.15) is 11.5 Å². The second-order valence-corrected chi connectivity index (χ2v) is 11.0. The molecule has 1 saturated carbocycles. The average molecular weight is 433 g/mol. The van der Waals surface area contributed by atoms with Crippen molar-refractivity contribution in [3.63, 3.8) is 0 Å². The van der Waals surface area contributed by atoms with E-state index in [0.717, 1.165) is 25.4 Å². The number of rotatable bonds is 10. The van der Waals surface area contributed by atoms with E-state index in [4.69, 9.17) is 14.2 Å². The molecule has 1 aliphatic carbocycles. The lowest BCUT2D eigenvalue weighted by Gasteiger charge is -2.36. The van der Waals surface area contributed by atoms with Crippen molar-refractivity contribution >= 4 is 5.97 Å². The summed E-state index contributed by atoms with van der Waals surface area (Å²) >= 11 is 0. The molecule has 2 atom stereocenters. The molecule has 2 rings (SSSR count). The third-order valence-electron chi connectivity index (χ3n) is 6.58. The van der Waals surface area contributed by atoms with Crippen molar-refractivity contribution < 1.29 is 19.0 Å². The monoisotopic (exact) mass is 432 g/mol. The molecule has 0 saturated heterocycles. The predicted octanol–water partition coefficient (Wildman–Crippen LogP) is 7.40. The Kier molecular flexibility index (Phi) is 9.42. The standard InChI is InChI=1S/C27H44O4/c1-20(2)27(7,19-26(4,5)6)25(28)31-24-15-13-23(14-16-24)30-21(3)29-18-17-22-11-9-8-10-12-22/h13-16,20-22H,8-12,17-19H2,1-7H3. The third kappa shape index (κ3) is 8.48. The minimum absolute atomic E-state index is 0.0445. The number of carbonyl (C=O) groups excluding carboxylic acids is 1. The second-order valence-electron chi connectivity index (χ2n) is 11.0. The maximum Gasteiger partial charge on any atom is 0.317 e. The molecule has 0 spiro atoms. The molecule has 1 aromatic rings. The number of hydrogen-bond acceptors (Lipinski definition) is 4. The zero-order chi connectivity index (χ0) is 23.1. The molecule has 31 heavy (non-hydrogen) atoms. The van der Waals surface area contributed by atoms with Gasteiger partial charge in [0.15, 0.2) is 6.29 Å². The van der Waals surface area contributed by atoms with Crippen molar-refractivity contribution in [2.24, 2.45) is 22.7 Å². The van der Waals surface area contributed by atoms with Crippen molar-refractivity contribution in [2.45, 2.75) is 99.7 Å². The van der Waals surface area contributed by atoms with Gasteiger partial charge in [-0.15, -0.1) is 0 Å². The summed E-state index contributed by atoms with van der Waals surface area (Å²) in [5.41, 5.74) is -0.489. The highest BCUT2D eigenvalue weighted by Crippen LogP contribution is 2.40. The van der Waals surface area contributed by atoms with Crippen LogP contribution in [0.15, 0.2) is 24.3 Å². The first kappa shape index (κ1) is 25.7. The summed E-state index contributed by atoms with van der Waals surface area (Å²) in [6.45, 7) is 15.3. The summed E-state index contributed by atoms with van der Waals surface area (Å²) in [4.78, 5) is 13.0. The van der Waals surface area contributed by atoms with E-state index in [-0.39, 0.29) is 23.6 Å². The van der Waals surface area contributed by atoms with E-state index in [2.05, 4.69) is 34.6 Å². The average Bonchev–Trinajstić information content (AvgIpc) is 2.68. The Balaban J connectivity index is 1.84. The molecule has 176 valence electrons. The fraction of sp³-hybridized carbons (Fsp3) is 0.741. The fourth-order valence-corrected chi connectivity index (χ4v) is 4.53. The van der Waals surface area contributed by atoms with E-state index in [9.17, 15) is 4.79 Å². The SMILES string of the molecule is CC(OCCC1CCCCC1)Oc1ccc(OC(=O)C(C)(CC(C)(C)C)C(C)C)cc1. The quantitative estimate of drug-likeness (QED) is 0.219. The molecule has 0 bridgehead atoms. The second kappa shape index (κ2) is 11.4. The first-order valence-electron chi connectivity index (χ1n) is 12.1. The number of ether oxygens (including phenoxy) is 3. The van der Waals surface area contributed by atoms with E-state index in [1.807, 2.05) is 26.0 Å². The molecule has 0 aliphatic heterocycles. The van der Waals surface area contributed by atoms with Gasteiger partial charge < -0.3 is 14.2 Å². The smallest absolute Gasteiger partial charge is 0.317 e. The van der Waals surface area contributed by atoms with Crippen LogP contribution in [-0.2, 0) is 9.53 Å². The summed E-state index contributed by atoms with van der Waals surface area (Å²) in [7, 11) is 0. The van der Waals surface area contributed by atoms with Crippen LogP contribution in [0.25, 0.3) is 0 Å². The maximum absolute atomic E-state index is 13.0. The Labute approximate surface area is 190 Å². The van der Waals surface area contributed by atoms with Crippen LogP contribution in [0.3, 0.4) is 0 Å². The van der Waals surface area contributed by atoms with Gasteiger partial charge in [0.25, 0.3) is 0 Å². The van der Waals surface area contributed by atoms with Gasteiger partial charge in [-0.2, -0.15) is 0 Å². The number of benzene rings is 1. The molecule has 1 fully saturated rings. The van der Waals surface area contributed by atoms with E-state index in [1.54, 1.807) is 12.1 Å². The molecule has 4 heteroatoms. The van der Waals surface area contributed by atoms with Crippen molar-refractivity contribution in [1.82, 2.24) is 0 Å². The van der Waals surface area contributed by atoms with Crippen LogP contribution < -0.4 is 9.47 Å². The van der Waals surface area contributed by atoms with E-state index >= 15 is 0 Å². The van der Waals surface area contributed by atoms with Gasteiger partial charge in [0, 0.05) is 0 Å². The van der Waals surface area contributed by atoms with Crippen LogP contribution in [0, 0.1) is 22.7 Å². The van der Waals surface area contributed by atoms with Crippen LogP contribution in [0.5, 0.6) is 11.5 Å². The molecule has 1 aromatic carbocycles. The highest BCUT2D eigenvalue weighted by molar-refractivity contribution is 5.79. The zero-order valence-electron chi connectivity index (χ0n) is 20.8. The summed E-state index contributed by atoms with van der Waals surface area (Å²) < 4.78 is 17.5. The Bertz CT molecular complexity index is 667. The Morgan fingerprint density at radius 2 is 1.55 bits per heavy atom. The molecule has 2 unspecified atom stereocenters. The normalized spacial score (nSPS) is 18.5. The van der Waals surface area contributed by atoms with Crippen LogP contribution in [-0.4, -0.2) is 18.9 Å². The molecule has 0 amide bonds. The lowest BCUT2D eigenvalue weighted by atomic mass is 9.69. The number of esters is 1. The van der Waals surface area contributed by atoms with Crippen molar-refractivity contribution in [3.05, 3.63) is 24.3 Å². The molecular formula is C27H44O4. The Hall–Kier alpha value is -1.55. The molecule has 0 N–H and O–H groups in total. The van der Waals surface area contributed by atoms with Gasteiger partial charge in [0.2, 0.25) is 0 Å². The summed E-state index contributed by atoms with van der Waals surface area (Å²) in [6, 6.07) is 7.25. The highest BCUT2D eigenvalue weighted by atomic mass is 16.7. The minimum Gasteiger partial charge on any atom is -0.465 e. The Morgan fingerprint density at radius 3 is 2.10 bits per heavy atom. The van der Waals surface area contributed by atoms with Gasteiger partial charge in [-0.3, -0.25) is 4.79 Å². The molecule has 1 aliphatic rings. The van der Waals surface area contributed by atoms with Crippen molar-refractivity contribution in [1.29, 1.82) is 0 Å². The molecular weight excluding hydrogens is 388 g/mol. The molecule has 0 radical (unpaired) electrons. The van der Waals surface area contributed by atoms with Crippen molar-refractivity contribution in [3.8, 4) is 11.5 Å². The molecule has 0 heterocycles. The van der Waals surface area contributed by atoms with Crippen LogP contribution >= 0.6 is 0 Å². The first-order chi connectivity index (χ1) is 14.5. The first-order valence-corrected chi connectivity index (χ1v) is 12.1. The molecule has 4 nitrogen and oxygen atoms in total. The van der Waals surface area contributed by atoms with Gasteiger partial charge in [-0.05, 0) is 68.2 Å². The molecule has 0 aromatic heterocycles. The van der Waals surface area contributed by atoms with Crippen LogP contribution in [0.2, 0.25) is 0 Å². The Morgan fingerprint density at radius 1 is 0.968 bits per heavy atom. The van der Waals surface area contributed by atoms with Gasteiger partial charge in [0.05, 0.1) is 12.0 Å². The predicted molar refractivity (Wildman–Crippen MR) is 126 cm³/mol. The lowest BCUT2D eigenvalue weighted by molar-refractivity contribution is -0.149. The van der Waals surface area contributed by atoms with Gasteiger partial charge >= 0.3 is 5.97 Å². The van der Waals surface area contributed by atoms with E-state index in [1.165, 1.54) is 32.1 Å². The topological polar surface area (TPSA) is 44.8 Å². The third-order valence-corrected chi connectivity index (χ3v) is 6.58. The van der Waals surface area contributed by atoms with Gasteiger partial charge in [-0.25, -0.2) is 0 Å². The van der Waals surface area contributed by atoms with Gasteiger partial charge in [-0.1, -0.05) is 66.7 Å². The summed E-state index contributed by atoms with van der Waals surface area (Å²) in [5.74, 6) is 2.08. The number of hydrogen-bond donors (Lipinski definition) is 0. The lowest BCUT2D eigenvalue weighted by Crippen LogP contribution is -2.40.